The average molecular weight is 578 g/mol. The number of nitro groups is 1. The molecule has 2 heterocycles. The van der Waals surface area contributed by atoms with E-state index in [1.165, 1.54) is 17.3 Å². The van der Waals surface area contributed by atoms with Gasteiger partial charge in [-0.15, -0.1) is 0 Å². The van der Waals surface area contributed by atoms with E-state index in [1.54, 1.807) is 18.2 Å². The number of rotatable bonds is 9. The van der Waals surface area contributed by atoms with Gasteiger partial charge in [0.2, 0.25) is 0 Å². The van der Waals surface area contributed by atoms with Crippen LogP contribution >= 0.6 is 0 Å². The third-order valence-electron chi connectivity index (χ3n) is 7.96. The summed E-state index contributed by atoms with van der Waals surface area (Å²) in [6.45, 7) is 2.79. The van der Waals surface area contributed by atoms with Gasteiger partial charge in [0, 0.05) is 62.4 Å². The first-order valence-electron chi connectivity index (χ1n) is 14.3. The van der Waals surface area contributed by atoms with Gasteiger partial charge in [-0.1, -0.05) is 60.7 Å². The van der Waals surface area contributed by atoms with Gasteiger partial charge in [0.15, 0.2) is 0 Å². The highest BCUT2D eigenvalue weighted by atomic mass is 16.6. The van der Waals surface area contributed by atoms with Crippen LogP contribution < -0.4 is 10.6 Å². The van der Waals surface area contributed by atoms with Gasteiger partial charge in [-0.25, -0.2) is 4.79 Å². The molecule has 0 radical (unpaired) electrons. The van der Waals surface area contributed by atoms with E-state index in [0.29, 0.717) is 18.7 Å². The summed E-state index contributed by atoms with van der Waals surface area (Å²) in [6.07, 6.45) is 1.53. The Kier molecular flexibility index (Phi) is 8.10. The van der Waals surface area contributed by atoms with Gasteiger partial charge in [0.05, 0.1) is 4.92 Å². The number of pyridine rings is 1. The molecule has 4 aromatic rings. The molecule has 0 unspecified atom stereocenters. The molecular weight excluding hydrogens is 546 g/mol. The van der Waals surface area contributed by atoms with E-state index in [9.17, 15) is 19.7 Å². The fourth-order valence-corrected chi connectivity index (χ4v) is 5.82. The van der Waals surface area contributed by atoms with Crippen LogP contribution in [0.5, 0.6) is 0 Å². The summed E-state index contributed by atoms with van der Waals surface area (Å²) in [5.41, 5.74) is 8.00. The van der Waals surface area contributed by atoms with E-state index >= 15 is 0 Å². The largest absolute Gasteiger partial charge is 0.449 e. The summed E-state index contributed by atoms with van der Waals surface area (Å²) in [5.74, 6) is -0.240. The van der Waals surface area contributed by atoms with E-state index < -0.39 is 11.0 Å². The number of alkyl carbamates (subject to hydrolysis) is 1. The lowest BCUT2D eigenvalue weighted by atomic mass is 9.98. The number of carbonyl (C=O) groups excluding carboxylic acids is 2. The molecule has 218 valence electrons. The van der Waals surface area contributed by atoms with Gasteiger partial charge < -0.3 is 15.4 Å². The van der Waals surface area contributed by atoms with Crippen LogP contribution in [0.4, 0.5) is 10.5 Å². The first-order valence-corrected chi connectivity index (χ1v) is 14.3. The normalized spacial score (nSPS) is 13.9. The van der Waals surface area contributed by atoms with Gasteiger partial charge in [0.1, 0.15) is 12.8 Å². The molecular formula is C33H31N5O5. The molecule has 3 aromatic carbocycles. The number of hydrogen-bond donors (Lipinski definition) is 2. The highest BCUT2D eigenvalue weighted by Crippen LogP contribution is 2.44. The van der Waals surface area contributed by atoms with Crippen molar-refractivity contribution < 1.29 is 19.2 Å². The van der Waals surface area contributed by atoms with Crippen molar-refractivity contribution in [1.82, 2.24) is 20.5 Å². The minimum absolute atomic E-state index is 0.00412. The number of aromatic nitrogens is 1. The molecule has 10 heteroatoms. The predicted molar refractivity (Wildman–Crippen MR) is 161 cm³/mol. The average Bonchev–Trinajstić information content (AvgIpc) is 3.35. The molecule has 2 aliphatic rings. The quantitative estimate of drug-likeness (QED) is 0.166. The second kappa shape index (κ2) is 12.4. The van der Waals surface area contributed by atoms with Crippen LogP contribution in [0.15, 0.2) is 85.1 Å². The number of nitrogens with one attached hydrogen (secondary N) is 2. The predicted octanol–water partition coefficient (Wildman–Crippen LogP) is 4.82. The molecule has 10 nitrogen and oxygen atoms in total. The number of fused-ring (bicyclic) bond motifs is 4. The lowest BCUT2D eigenvalue weighted by molar-refractivity contribution is -0.385. The van der Waals surface area contributed by atoms with Crippen molar-refractivity contribution in [2.75, 3.05) is 26.2 Å². The Bertz CT molecular complexity index is 1630. The van der Waals surface area contributed by atoms with Crippen LogP contribution in [-0.2, 0) is 24.2 Å². The summed E-state index contributed by atoms with van der Waals surface area (Å²) in [4.78, 5) is 42.1. The molecule has 2 N–H and O–H groups in total. The first-order chi connectivity index (χ1) is 21.0. The number of ether oxygens (including phenoxy) is 1. The molecule has 0 atom stereocenters. The lowest BCUT2D eigenvalue weighted by Gasteiger charge is -2.27. The van der Waals surface area contributed by atoms with Crippen molar-refractivity contribution in [3.05, 3.63) is 129 Å². The molecule has 0 fully saturated rings. The Balaban J connectivity index is 0.932. The Morgan fingerprint density at radius 3 is 2.33 bits per heavy atom. The van der Waals surface area contributed by atoms with Crippen molar-refractivity contribution >= 4 is 17.7 Å². The van der Waals surface area contributed by atoms with E-state index in [4.69, 9.17) is 4.74 Å². The molecule has 1 aliphatic heterocycles. The van der Waals surface area contributed by atoms with Gasteiger partial charge in [-0.2, -0.15) is 0 Å². The summed E-state index contributed by atoms with van der Waals surface area (Å²) >= 11 is 0. The molecule has 0 bridgehead atoms. The fraction of sp³-hybridized carbons (Fsp3) is 0.242. The monoisotopic (exact) mass is 577 g/mol. The summed E-state index contributed by atoms with van der Waals surface area (Å²) in [6, 6.07) is 25.3. The molecule has 1 aromatic heterocycles. The number of hydrogen-bond acceptors (Lipinski definition) is 7. The Hall–Kier alpha value is -5.09. The maximum absolute atomic E-state index is 12.6. The van der Waals surface area contributed by atoms with E-state index in [1.807, 2.05) is 36.4 Å². The highest BCUT2D eigenvalue weighted by Gasteiger charge is 2.29. The fourth-order valence-electron chi connectivity index (χ4n) is 5.82. The Labute approximate surface area is 248 Å². The maximum atomic E-state index is 12.6. The van der Waals surface area contributed by atoms with Crippen LogP contribution in [0.1, 0.15) is 44.2 Å². The van der Waals surface area contributed by atoms with Crippen LogP contribution in [0.25, 0.3) is 11.1 Å². The summed E-state index contributed by atoms with van der Waals surface area (Å²) in [7, 11) is 0. The van der Waals surface area contributed by atoms with Crippen molar-refractivity contribution in [2.24, 2.45) is 0 Å². The number of nitrogens with zero attached hydrogens (tertiary/aromatic N) is 3. The van der Waals surface area contributed by atoms with Crippen LogP contribution in [0.3, 0.4) is 0 Å². The Morgan fingerprint density at radius 2 is 1.63 bits per heavy atom. The van der Waals surface area contributed by atoms with Gasteiger partial charge in [0.25, 0.3) is 11.6 Å². The summed E-state index contributed by atoms with van der Waals surface area (Å²) in [5, 5.41) is 16.6. The second-order valence-corrected chi connectivity index (χ2v) is 10.7. The molecule has 43 heavy (non-hydrogen) atoms. The minimum atomic E-state index is -0.522. The lowest BCUT2D eigenvalue weighted by Crippen LogP contribution is -2.35. The van der Waals surface area contributed by atoms with Crippen LogP contribution in [-0.4, -0.2) is 53.0 Å². The molecule has 1 aliphatic carbocycles. The van der Waals surface area contributed by atoms with Gasteiger partial charge in [-0.05, 0) is 45.5 Å². The topological polar surface area (TPSA) is 127 Å². The third kappa shape index (κ3) is 6.24. The second-order valence-electron chi connectivity index (χ2n) is 10.7. The van der Waals surface area contributed by atoms with Crippen molar-refractivity contribution in [1.29, 1.82) is 0 Å². The van der Waals surface area contributed by atoms with Crippen LogP contribution in [0, 0.1) is 10.1 Å². The zero-order valence-corrected chi connectivity index (χ0v) is 23.5. The number of benzene rings is 3. The molecule has 6 rings (SSSR count). The molecule has 2 amide bonds. The summed E-state index contributed by atoms with van der Waals surface area (Å²) < 4.78 is 5.54. The standard InChI is InChI=1S/C33H31N5O5/c39-32(23-11-9-22(10-12-23)19-37-16-13-31-24(20-37)17-25(18-36-31)38(41)42)34-14-15-35-33(40)43-21-30-28-7-3-1-5-26(28)27-6-2-4-8-29(27)30/h1-12,17-18,30H,13-16,19-21H2,(H,34,39)(H,35,40). The van der Waals surface area contributed by atoms with Crippen molar-refractivity contribution in [3.63, 3.8) is 0 Å². The molecule has 0 spiro atoms. The van der Waals surface area contributed by atoms with Gasteiger partial charge >= 0.3 is 6.09 Å². The maximum Gasteiger partial charge on any atom is 0.407 e. The minimum Gasteiger partial charge on any atom is -0.449 e. The SMILES string of the molecule is O=C(NCCNC(=O)c1ccc(CN2CCc3ncc([N+](=O)[O-])cc3C2)cc1)OCC1c2ccccc2-c2ccccc21. The van der Waals surface area contributed by atoms with Crippen molar-refractivity contribution in [2.45, 2.75) is 25.4 Å². The van der Waals surface area contributed by atoms with E-state index in [-0.39, 0.29) is 37.2 Å². The van der Waals surface area contributed by atoms with Crippen LogP contribution in [0.2, 0.25) is 0 Å². The zero-order valence-electron chi connectivity index (χ0n) is 23.5. The van der Waals surface area contributed by atoms with Crippen molar-refractivity contribution in [3.8, 4) is 11.1 Å². The number of amides is 2. The smallest absolute Gasteiger partial charge is 0.407 e. The van der Waals surface area contributed by atoms with E-state index in [0.717, 1.165) is 40.9 Å². The molecule has 0 saturated heterocycles. The van der Waals surface area contributed by atoms with Gasteiger partial charge in [-0.3, -0.25) is 24.8 Å². The Morgan fingerprint density at radius 1 is 0.953 bits per heavy atom. The highest BCUT2D eigenvalue weighted by molar-refractivity contribution is 5.94. The molecule has 0 saturated carbocycles. The zero-order chi connectivity index (χ0) is 29.8. The van der Waals surface area contributed by atoms with E-state index in [2.05, 4.69) is 44.8 Å². The third-order valence-corrected chi connectivity index (χ3v) is 7.96. The number of carbonyl (C=O) groups is 2. The first kappa shape index (κ1) is 28.0.